The molecule has 1 atom stereocenters. The molecule has 0 N–H and O–H groups in total. The first-order valence-electron chi connectivity index (χ1n) is 4.58. The van der Waals surface area contributed by atoms with Gasteiger partial charge in [-0.1, -0.05) is 6.92 Å². The summed E-state index contributed by atoms with van der Waals surface area (Å²) in [5.74, 6) is 0.0133. The summed E-state index contributed by atoms with van der Waals surface area (Å²) in [5, 5.41) is 0. The highest BCUT2D eigenvalue weighted by atomic mass is 19.1. The van der Waals surface area contributed by atoms with Crippen LogP contribution in [0.5, 0.6) is 5.75 Å². The zero-order valence-electron chi connectivity index (χ0n) is 8.29. The summed E-state index contributed by atoms with van der Waals surface area (Å²) >= 11 is 0. The first-order valence-corrected chi connectivity index (χ1v) is 4.58. The predicted molar refractivity (Wildman–Crippen MR) is 52.2 cm³/mol. The summed E-state index contributed by atoms with van der Waals surface area (Å²) in [4.78, 5) is 10.6. The van der Waals surface area contributed by atoms with Crippen LogP contribution in [0.15, 0.2) is 18.2 Å². The molecular weight excluding hydrogens is 183 g/mol. The van der Waals surface area contributed by atoms with Gasteiger partial charge in [-0.15, -0.1) is 0 Å². The van der Waals surface area contributed by atoms with E-state index in [1.165, 1.54) is 18.2 Å². The van der Waals surface area contributed by atoms with Crippen molar-refractivity contribution in [1.82, 2.24) is 0 Å². The molecule has 0 fully saturated rings. The highest BCUT2D eigenvalue weighted by molar-refractivity contribution is 5.79. The maximum Gasteiger partial charge on any atom is 0.153 e. The van der Waals surface area contributed by atoms with Gasteiger partial charge in [-0.25, -0.2) is 4.39 Å². The molecular formula is C11H13FO2. The van der Waals surface area contributed by atoms with Crippen LogP contribution < -0.4 is 4.74 Å². The Morgan fingerprint density at radius 3 is 2.86 bits per heavy atom. The standard InChI is InChI=1S/C11H13FO2/c1-3-8(2)14-11-5-4-10(12)6-9(11)7-13/h4-8H,3H2,1-2H3. The normalized spacial score (nSPS) is 12.2. The summed E-state index contributed by atoms with van der Waals surface area (Å²) in [6.07, 6.45) is 1.47. The molecule has 0 radical (unpaired) electrons. The first kappa shape index (κ1) is 10.7. The second kappa shape index (κ2) is 4.74. The van der Waals surface area contributed by atoms with E-state index in [1.54, 1.807) is 0 Å². The van der Waals surface area contributed by atoms with Crippen molar-refractivity contribution in [2.24, 2.45) is 0 Å². The Kier molecular flexibility index (Phi) is 3.63. The zero-order valence-corrected chi connectivity index (χ0v) is 8.29. The van der Waals surface area contributed by atoms with Gasteiger partial charge in [0.15, 0.2) is 6.29 Å². The molecule has 76 valence electrons. The van der Waals surface area contributed by atoms with Gasteiger partial charge in [-0.05, 0) is 31.5 Å². The van der Waals surface area contributed by atoms with Crippen molar-refractivity contribution < 1.29 is 13.9 Å². The Hall–Kier alpha value is -1.38. The van der Waals surface area contributed by atoms with Gasteiger partial charge in [0.25, 0.3) is 0 Å². The van der Waals surface area contributed by atoms with E-state index in [0.29, 0.717) is 12.0 Å². The van der Waals surface area contributed by atoms with Crippen LogP contribution in [0, 0.1) is 5.82 Å². The van der Waals surface area contributed by atoms with Crippen LogP contribution in [0.25, 0.3) is 0 Å². The minimum absolute atomic E-state index is 0.0270. The smallest absolute Gasteiger partial charge is 0.153 e. The molecule has 0 amide bonds. The van der Waals surface area contributed by atoms with Gasteiger partial charge in [0.2, 0.25) is 0 Å². The Morgan fingerprint density at radius 2 is 2.29 bits per heavy atom. The number of carbonyl (C=O) groups is 1. The molecule has 0 aliphatic rings. The van der Waals surface area contributed by atoms with Crippen molar-refractivity contribution in [2.45, 2.75) is 26.4 Å². The summed E-state index contributed by atoms with van der Waals surface area (Å²) in [5.41, 5.74) is 0.255. The lowest BCUT2D eigenvalue weighted by molar-refractivity contribution is 0.111. The van der Waals surface area contributed by atoms with Gasteiger partial charge in [-0.3, -0.25) is 4.79 Å². The largest absolute Gasteiger partial charge is 0.490 e. The van der Waals surface area contributed by atoms with E-state index in [2.05, 4.69) is 0 Å². The highest BCUT2D eigenvalue weighted by Gasteiger charge is 2.07. The van der Waals surface area contributed by atoms with Gasteiger partial charge in [-0.2, -0.15) is 0 Å². The van der Waals surface area contributed by atoms with Gasteiger partial charge in [0.05, 0.1) is 11.7 Å². The van der Waals surface area contributed by atoms with Crippen LogP contribution in [-0.2, 0) is 0 Å². The Bertz CT molecular complexity index is 323. The fourth-order valence-electron chi connectivity index (χ4n) is 1.02. The lowest BCUT2D eigenvalue weighted by atomic mass is 10.2. The zero-order chi connectivity index (χ0) is 10.6. The molecule has 0 spiro atoms. The predicted octanol–water partition coefficient (Wildman–Crippen LogP) is 2.82. The highest BCUT2D eigenvalue weighted by Crippen LogP contribution is 2.19. The van der Waals surface area contributed by atoms with E-state index in [9.17, 15) is 9.18 Å². The number of halogens is 1. The molecule has 1 aromatic carbocycles. The minimum Gasteiger partial charge on any atom is -0.490 e. The van der Waals surface area contributed by atoms with E-state index in [1.807, 2.05) is 13.8 Å². The Balaban J connectivity index is 2.90. The van der Waals surface area contributed by atoms with Gasteiger partial charge >= 0.3 is 0 Å². The van der Waals surface area contributed by atoms with E-state index in [0.717, 1.165) is 6.42 Å². The van der Waals surface area contributed by atoms with Crippen LogP contribution in [0.3, 0.4) is 0 Å². The van der Waals surface area contributed by atoms with Crippen molar-refractivity contribution >= 4 is 6.29 Å². The van der Waals surface area contributed by atoms with E-state index >= 15 is 0 Å². The molecule has 0 aliphatic heterocycles. The number of hydrogen-bond donors (Lipinski definition) is 0. The van der Waals surface area contributed by atoms with Crippen molar-refractivity contribution in [1.29, 1.82) is 0 Å². The molecule has 1 rings (SSSR count). The summed E-state index contributed by atoms with van der Waals surface area (Å²) in [6.45, 7) is 3.88. The molecule has 1 unspecified atom stereocenters. The monoisotopic (exact) mass is 196 g/mol. The maximum atomic E-state index is 12.7. The van der Waals surface area contributed by atoms with Gasteiger partial charge < -0.3 is 4.74 Å². The van der Waals surface area contributed by atoms with Crippen LogP contribution >= 0.6 is 0 Å². The molecule has 14 heavy (non-hydrogen) atoms. The number of aldehydes is 1. The van der Waals surface area contributed by atoms with Crippen LogP contribution in [-0.4, -0.2) is 12.4 Å². The number of rotatable bonds is 4. The van der Waals surface area contributed by atoms with Gasteiger partial charge in [0, 0.05) is 0 Å². The minimum atomic E-state index is -0.427. The average Bonchev–Trinajstić information content (AvgIpc) is 2.20. The topological polar surface area (TPSA) is 26.3 Å². The third kappa shape index (κ3) is 2.55. The summed E-state index contributed by atoms with van der Waals surface area (Å²) in [7, 11) is 0. The second-order valence-corrected chi connectivity index (χ2v) is 3.14. The fourth-order valence-corrected chi connectivity index (χ4v) is 1.02. The van der Waals surface area contributed by atoms with Crippen molar-refractivity contribution in [3.05, 3.63) is 29.6 Å². The van der Waals surface area contributed by atoms with E-state index in [4.69, 9.17) is 4.74 Å². The van der Waals surface area contributed by atoms with Crippen LogP contribution in [0.1, 0.15) is 30.6 Å². The maximum absolute atomic E-state index is 12.7. The molecule has 3 heteroatoms. The lowest BCUT2D eigenvalue weighted by Gasteiger charge is -2.13. The van der Waals surface area contributed by atoms with Crippen LogP contribution in [0.2, 0.25) is 0 Å². The van der Waals surface area contributed by atoms with Crippen molar-refractivity contribution in [3.8, 4) is 5.75 Å². The molecule has 0 aromatic heterocycles. The first-order chi connectivity index (χ1) is 6.67. The number of carbonyl (C=O) groups excluding carboxylic acids is 1. The fraction of sp³-hybridized carbons (Fsp3) is 0.364. The number of hydrogen-bond acceptors (Lipinski definition) is 2. The van der Waals surface area contributed by atoms with Crippen molar-refractivity contribution in [3.63, 3.8) is 0 Å². The molecule has 0 saturated heterocycles. The molecule has 0 aliphatic carbocycles. The lowest BCUT2D eigenvalue weighted by Crippen LogP contribution is -2.11. The molecule has 2 nitrogen and oxygen atoms in total. The second-order valence-electron chi connectivity index (χ2n) is 3.14. The average molecular weight is 196 g/mol. The molecule has 1 aromatic rings. The van der Waals surface area contributed by atoms with Crippen molar-refractivity contribution in [2.75, 3.05) is 0 Å². The Labute approximate surface area is 82.7 Å². The number of benzene rings is 1. The quantitative estimate of drug-likeness (QED) is 0.692. The van der Waals surface area contributed by atoms with Gasteiger partial charge in [0.1, 0.15) is 11.6 Å². The SMILES string of the molecule is CCC(C)Oc1ccc(F)cc1C=O. The Morgan fingerprint density at radius 1 is 1.57 bits per heavy atom. The summed E-state index contributed by atoms with van der Waals surface area (Å²) < 4.78 is 18.2. The molecule has 0 bridgehead atoms. The number of ether oxygens (including phenoxy) is 1. The summed E-state index contributed by atoms with van der Waals surface area (Å²) in [6, 6.07) is 3.93. The molecule has 0 saturated carbocycles. The third-order valence-electron chi connectivity index (χ3n) is 2.00. The van der Waals surface area contributed by atoms with Crippen LogP contribution in [0.4, 0.5) is 4.39 Å². The third-order valence-corrected chi connectivity index (χ3v) is 2.00. The van der Waals surface area contributed by atoms with E-state index < -0.39 is 5.82 Å². The van der Waals surface area contributed by atoms with E-state index in [-0.39, 0.29) is 11.7 Å². The molecule has 0 heterocycles.